The molecule has 0 saturated carbocycles. The van der Waals surface area contributed by atoms with Crippen LogP contribution in [-0.2, 0) is 28.9 Å². The number of amides is 1. The molecule has 2 atom stereocenters. The van der Waals surface area contributed by atoms with Crippen molar-refractivity contribution in [3.63, 3.8) is 0 Å². The minimum Gasteiger partial charge on any atom is -0.493 e. The van der Waals surface area contributed by atoms with Gasteiger partial charge in [0.15, 0.2) is 17.9 Å². The smallest absolute Gasteiger partial charge is 0.255 e. The lowest BCUT2D eigenvalue weighted by atomic mass is 10.1. The number of aliphatic hydroxyl groups excluding tert-OH is 1. The molecule has 1 amide bonds. The molecule has 2 N–H and O–H groups in total. The Hall–Kier alpha value is -2.49. The number of aryl methyl sites for hydroxylation is 1. The van der Waals surface area contributed by atoms with Gasteiger partial charge in [-0.1, -0.05) is 26.0 Å². The number of halogens is 1. The van der Waals surface area contributed by atoms with E-state index in [0.29, 0.717) is 44.7 Å². The fraction of sp³-hybridized carbons (Fsp3) is 0.583. The Balaban J connectivity index is 1.72. The quantitative estimate of drug-likeness (QED) is 0.585. The summed E-state index contributed by atoms with van der Waals surface area (Å²) in [6, 6.07) is 4.33. The first-order valence-corrected chi connectivity index (χ1v) is 11.5. The lowest BCUT2D eigenvalue weighted by molar-refractivity contribution is -0.114. The molecule has 1 aliphatic rings. The molecule has 2 aromatic rings. The van der Waals surface area contributed by atoms with Gasteiger partial charge in [0, 0.05) is 26.3 Å². The Labute approximate surface area is 194 Å². The summed E-state index contributed by atoms with van der Waals surface area (Å²) in [6.45, 7) is 6.54. The number of benzene rings is 1. The van der Waals surface area contributed by atoms with Crippen molar-refractivity contribution in [2.24, 2.45) is 5.92 Å². The number of rotatable bonds is 8. The monoisotopic (exact) mass is 463 g/mol. The normalized spacial score (nSPS) is 16.9. The van der Waals surface area contributed by atoms with Gasteiger partial charge in [0.05, 0.1) is 36.2 Å². The van der Waals surface area contributed by atoms with Gasteiger partial charge in [0.2, 0.25) is 0 Å². The molecule has 9 heteroatoms. The van der Waals surface area contributed by atoms with E-state index in [9.17, 15) is 14.3 Å². The van der Waals surface area contributed by atoms with Crippen LogP contribution in [0, 0.1) is 11.7 Å². The molecule has 0 saturated heterocycles. The summed E-state index contributed by atoms with van der Waals surface area (Å²) in [7, 11) is 1.35. The summed E-state index contributed by atoms with van der Waals surface area (Å²) >= 11 is 0. The molecular formula is C24H34FN3O5. The Kier molecular flexibility index (Phi) is 9.22. The van der Waals surface area contributed by atoms with E-state index in [2.05, 4.69) is 5.32 Å². The highest BCUT2D eigenvalue weighted by molar-refractivity contribution is 5.96. The fourth-order valence-electron chi connectivity index (χ4n) is 4.00. The summed E-state index contributed by atoms with van der Waals surface area (Å²) < 4.78 is 32.1. The highest BCUT2D eigenvalue weighted by Crippen LogP contribution is 2.29. The van der Waals surface area contributed by atoms with Crippen LogP contribution in [0.25, 0.3) is 0 Å². The second-order valence-electron chi connectivity index (χ2n) is 8.28. The number of carbonyl (C=O) groups is 1. The number of hydrogen-bond donors (Lipinski definition) is 2. The van der Waals surface area contributed by atoms with Gasteiger partial charge in [-0.3, -0.25) is 9.48 Å². The number of methoxy groups -OCH3 is 1. The van der Waals surface area contributed by atoms with Crippen molar-refractivity contribution in [3.8, 4) is 5.75 Å². The third-order valence-corrected chi connectivity index (χ3v) is 5.64. The van der Waals surface area contributed by atoms with Crippen LogP contribution in [0.1, 0.15) is 60.3 Å². The van der Waals surface area contributed by atoms with Crippen LogP contribution in [0.3, 0.4) is 0 Å². The Morgan fingerprint density at radius 3 is 2.88 bits per heavy atom. The van der Waals surface area contributed by atoms with Crippen molar-refractivity contribution < 1.29 is 28.5 Å². The molecule has 182 valence electrons. The molecular weight excluding hydrogens is 429 g/mol. The average Bonchev–Trinajstić information content (AvgIpc) is 3.13. The van der Waals surface area contributed by atoms with Gasteiger partial charge in [-0.2, -0.15) is 5.10 Å². The summed E-state index contributed by atoms with van der Waals surface area (Å²) in [4.78, 5) is 12.9. The van der Waals surface area contributed by atoms with Crippen molar-refractivity contribution in [1.82, 2.24) is 15.1 Å². The summed E-state index contributed by atoms with van der Waals surface area (Å²) in [6.07, 6.45) is 1.61. The standard InChI is InChI=1S/C24H34FN3O5/c1-4-19-21-20(10-6-12-32-13-7-11-26-23(21)29)28(27-19)14-16(2)15-33-24(30)17-8-5-9-18(25)22(17)31-3/h5,8-9,16,24,30H,4,6-7,10-15H2,1-3H3,(H,26,29)/t16-,24?/m1/s1. The summed E-state index contributed by atoms with van der Waals surface area (Å²) in [5, 5.41) is 18.1. The molecule has 1 aromatic carbocycles. The number of fused-ring (bicyclic) bond motifs is 1. The maximum atomic E-state index is 13.9. The van der Waals surface area contributed by atoms with E-state index in [-0.39, 0.29) is 29.7 Å². The molecule has 0 fully saturated rings. The second-order valence-corrected chi connectivity index (χ2v) is 8.28. The largest absolute Gasteiger partial charge is 0.493 e. The summed E-state index contributed by atoms with van der Waals surface area (Å²) in [5.41, 5.74) is 2.58. The maximum absolute atomic E-state index is 13.9. The van der Waals surface area contributed by atoms with Crippen LogP contribution in [0.5, 0.6) is 5.75 Å². The van der Waals surface area contributed by atoms with Gasteiger partial charge in [0.25, 0.3) is 5.91 Å². The molecule has 0 radical (unpaired) electrons. The van der Waals surface area contributed by atoms with Gasteiger partial charge < -0.3 is 24.6 Å². The van der Waals surface area contributed by atoms with E-state index >= 15 is 0 Å². The van der Waals surface area contributed by atoms with E-state index in [4.69, 9.17) is 19.3 Å². The van der Waals surface area contributed by atoms with Gasteiger partial charge in [-0.05, 0) is 37.7 Å². The number of nitrogens with one attached hydrogen (secondary N) is 1. The minimum atomic E-state index is -1.32. The predicted octanol–water partition coefficient (Wildman–Crippen LogP) is 3.02. The maximum Gasteiger partial charge on any atom is 0.255 e. The van der Waals surface area contributed by atoms with Gasteiger partial charge >= 0.3 is 0 Å². The first kappa shape index (κ1) is 25.1. The number of para-hydroxylation sites is 1. The Morgan fingerprint density at radius 2 is 2.12 bits per heavy atom. The molecule has 2 heterocycles. The fourth-order valence-corrected chi connectivity index (χ4v) is 4.00. The third kappa shape index (κ3) is 6.31. The van der Waals surface area contributed by atoms with Gasteiger partial charge in [0.1, 0.15) is 0 Å². The highest BCUT2D eigenvalue weighted by Gasteiger charge is 2.24. The lowest BCUT2D eigenvalue weighted by Crippen LogP contribution is -2.27. The summed E-state index contributed by atoms with van der Waals surface area (Å²) in [5.74, 6) is -0.703. The molecule has 1 aromatic heterocycles. The lowest BCUT2D eigenvalue weighted by Gasteiger charge is -2.19. The zero-order chi connectivity index (χ0) is 23.8. The number of hydrogen-bond acceptors (Lipinski definition) is 6. The van der Waals surface area contributed by atoms with E-state index in [0.717, 1.165) is 24.2 Å². The van der Waals surface area contributed by atoms with Crippen molar-refractivity contribution in [2.75, 3.05) is 33.5 Å². The highest BCUT2D eigenvalue weighted by atomic mass is 19.1. The Bertz CT molecular complexity index is 933. The number of carbonyl (C=O) groups excluding carboxylic acids is 1. The van der Waals surface area contributed by atoms with Gasteiger partial charge in [-0.15, -0.1) is 0 Å². The minimum absolute atomic E-state index is 0.0228. The molecule has 1 unspecified atom stereocenters. The molecule has 33 heavy (non-hydrogen) atoms. The van der Waals surface area contributed by atoms with Crippen LogP contribution < -0.4 is 10.1 Å². The van der Waals surface area contributed by atoms with E-state index in [1.807, 2.05) is 18.5 Å². The van der Waals surface area contributed by atoms with Crippen molar-refractivity contribution in [1.29, 1.82) is 0 Å². The molecule has 0 bridgehead atoms. The predicted molar refractivity (Wildman–Crippen MR) is 121 cm³/mol. The Morgan fingerprint density at radius 1 is 1.33 bits per heavy atom. The van der Waals surface area contributed by atoms with Crippen molar-refractivity contribution in [3.05, 3.63) is 46.5 Å². The van der Waals surface area contributed by atoms with Crippen LogP contribution in [0.2, 0.25) is 0 Å². The van der Waals surface area contributed by atoms with E-state index in [1.165, 1.54) is 19.2 Å². The van der Waals surface area contributed by atoms with Crippen LogP contribution in [0.4, 0.5) is 4.39 Å². The zero-order valence-corrected chi connectivity index (χ0v) is 19.6. The van der Waals surface area contributed by atoms with Crippen molar-refractivity contribution >= 4 is 5.91 Å². The SMILES string of the molecule is CCc1nn(C[C@@H](C)COC(O)c2cccc(F)c2OC)c2c1C(=O)NCCCOCCC2. The van der Waals surface area contributed by atoms with Crippen LogP contribution >= 0.6 is 0 Å². The van der Waals surface area contributed by atoms with Crippen molar-refractivity contribution in [2.45, 2.75) is 52.4 Å². The zero-order valence-electron chi connectivity index (χ0n) is 19.6. The second kappa shape index (κ2) is 12.1. The molecule has 1 aliphatic heterocycles. The number of ether oxygens (including phenoxy) is 3. The number of nitrogens with zero attached hydrogens (tertiary/aromatic N) is 2. The van der Waals surface area contributed by atoms with E-state index < -0.39 is 12.1 Å². The van der Waals surface area contributed by atoms with Gasteiger partial charge in [-0.25, -0.2) is 4.39 Å². The number of aliphatic hydroxyl groups is 1. The van der Waals surface area contributed by atoms with Crippen LogP contribution in [-0.4, -0.2) is 54.3 Å². The third-order valence-electron chi connectivity index (χ3n) is 5.64. The van der Waals surface area contributed by atoms with Crippen LogP contribution in [0.15, 0.2) is 18.2 Å². The molecule has 0 aliphatic carbocycles. The first-order valence-electron chi connectivity index (χ1n) is 11.5. The topological polar surface area (TPSA) is 94.8 Å². The molecule has 3 rings (SSSR count). The first-order chi connectivity index (χ1) is 16.0. The molecule has 0 spiro atoms. The molecule has 8 nitrogen and oxygen atoms in total. The number of aromatic nitrogens is 2. The average molecular weight is 464 g/mol. The van der Waals surface area contributed by atoms with E-state index in [1.54, 1.807) is 6.07 Å².